The zero-order chi connectivity index (χ0) is 33.8. The second kappa shape index (κ2) is 17.2. The molecular formula is C31H50N8O6. The van der Waals surface area contributed by atoms with Gasteiger partial charge in [-0.3, -0.25) is 29.0 Å². The van der Waals surface area contributed by atoms with Crippen molar-refractivity contribution in [3.63, 3.8) is 0 Å². The summed E-state index contributed by atoms with van der Waals surface area (Å²) in [4.78, 5) is 72.0. The van der Waals surface area contributed by atoms with Crippen molar-refractivity contribution in [2.24, 2.45) is 34.2 Å². The van der Waals surface area contributed by atoms with Crippen LogP contribution in [0.1, 0.15) is 66.4 Å². The van der Waals surface area contributed by atoms with Crippen LogP contribution in [0.5, 0.6) is 5.75 Å². The summed E-state index contributed by atoms with van der Waals surface area (Å²) in [5, 5.41) is 23.5. The van der Waals surface area contributed by atoms with E-state index in [4.69, 9.17) is 11.5 Å². The van der Waals surface area contributed by atoms with Gasteiger partial charge in [-0.05, 0) is 54.7 Å². The Balaban J connectivity index is 2.58. The SMILES string of the molecule is CC(C)CC1NC(=O)C(C(C)C)NC(=O)C(CCCN=C(N)N)NC(=O)C(Cc2ccc(O)cc2)NC(=O)C(C(C)C)NC1=O. The lowest BCUT2D eigenvalue weighted by molar-refractivity contribution is -0.135. The number of aliphatic imine (C=N–C) groups is 1. The number of nitrogens with one attached hydrogen (secondary N) is 5. The van der Waals surface area contributed by atoms with E-state index in [1.54, 1.807) is 39.8 Å². The van der Waals surface area contributed by atoms with Crippen LogP contribution in [-0.4, -0.2) is 77.4 Å². The highest BCUT2D eigenvalue weighted by atomic mass is 16.3. The van der Waals surface area contributed by atoms with Crippen LogP contribution >= 0.6 is 0 Å². The molecule has 5 unspecified atom stereocenters. The highest BCUT2D eigenvalue weighted by Crippen LogP contribution is 2.14. The number of nitrogens with zero attached hydrogens (tertiary/aromatic N) is 1. The minimum absolute atomic E-state index is 0.0210. The summed E-state index contributed by atoms with van der Waals surface area (Å²) in [6.45, 7) is 11.0. The molecule has 0 bridgehead atoms. The first-order valence-electron chi connectivity index (χ1n) is 15.4. The first-order valence-corrected chi connectivity index (χ1v) is 15.4. The Hall–Kier alpha value is -4.36. The standard InChI is InChI=1S/C31H50N8O6/c1-16(2)14-22-28(43)39-25(18(5)6)30(45)37-23(15-19-9-11-20(40)12-10-19)27(42)35-21(8-7-13-34-31(32)33)26(41)38-24(17(3)4)29(44)36-22/h9-12,16-18,21-25,40H,7-8,13-15H2,1-6H3,(H,35,42)(H,36,44)(H,37,45)(H,38,41)(H,39,43)(H4,32,33,34). The second-order valence-electron chi connectivity index (χ2n) is 12.6. The van der Waals surface area contributed by atoms with Crippen LogP contribution in [-0.2, 0) is 30.4 Å². The Bertz CT molecular complexity index is 1210. The maximum atomic E-state index is 13.8. The molecule has 0 spiro atoms. The monoisotopic (exact) mass is 630 g/mol. The number of hydrogen-bond acceptors (Lipinski definition) is 7. The van der Waals surface area contributed by atoms with Gasteiger partial charge >= 0.3 is 0 Å². The van der Waals surface area contributed by atoms with Crippen molar-refractivity contribution in [3.05, 3.63) is 29.8 Å². The zero-order valence-electron chi connectivity index (χ0n) is 27.1. The summed E-state index contributed by atoms with van der Waals surface area (Å²) in [6, 6.07) is 0.892. The maximum Gasteiger partial charge on any atom is 0.243 e. The van der Waals surface area contributed by atoms with Crippen molar-refractivity contribution in [1.29, 1.82) is 0 Å². The molecule has 0 saturated carbocycles. The van der Waals surface area contributed by atoms with Gasteiger partial charge < -0.3 is 43.2 Å². The predicted molar refractivity (Wildman–Crippen MR) is 171 cm³/mol. The van der Waals surface area contributed by atoms with Crippen molar-refractivity contribution in [2.45, 2.75) is 97.4 Å². The highest BCUT2D eigenvalue weighted by molar-refractivity contribution is 5.98. The Kier molecular flexibility index (Phi) is 14.1. The summed E-state index contributed by atoms with van der Waals surface area (Å²) < 4.78 is 0. The molecule has 10 N–H and O–H groups in total. The molecule has 1 aliphatic heterocycles. The van der Waals surface area contributed by atoms with Gasteiger partial charge in [0.1, 0.15) is 36.0 Å². The molecule has 0 radical (unpaired) electrons. The Labute approximate surface area is 264 Å². The van der Waals surface area contributed by atoms with Gasteiger partial charge in [-0.1, -0.05) is 53.7 Å². The predicted octanol–water partition coefficient (Wildman–Crippen LogP) is -0.216. The van der Waals surface area contributed by atoms with Crippen LogP contribution in [0.4, 0.5) is 0 Å². The number of guanidine groups is 1. The molecule has 45 heavy (non-hydrogen) atoms. The molecule has 14 heteroatoms. The molecule has 1 aromatic carbocycles. The summed E-state index contributed by atoms with van der Waals surface area (Å²) in [7, 11) is 0. The second-order valence-corrected chi connectivity index (χ2v) is 12.6. The fourth-order valence-electron chi connectivity index (χ4n) is 4.93. The number of rotatable bonds is 10. The molecule has 1 saturated heterocycles. The molecule has 1 aliphatic rings. The smallest absolute Gasteiger partial charge is 0.243 e. The fourth-order valence-corrected chi connectivity index (χ4v) is 4.93. The molecule has 14 nitrogen and oxygen atoms in total. The number of benzene rings is 1. The molecule has 0 aliphatic carbocycles. The largest absolute Gasteiger partial charge is 0.508 e. The molecular weight excluding hydrogens is 580 g/mol. The number of hydrogen-bond donors (Lipinski definition) is 8. The number of phenolic OH excluding ortho intramolecular Hbond substituents is 1. The van der Waals surface area contributed by atoms with Crippen molar-refractivity contribution in [2.75, 3.05) is 6.54 Å². The van der Waals surface area contributed by atoms with Crippen molar-refractivity contribution in [1.82, 2.24) is 26.6 Å². The third kappa shape index (κ3) is 11.9. The van der Waals surface area contributed by atoms with Crippen LogP contribution in [0.3, 0.4) is 0 Å². The lowest BCUT2D eigenvalue weighted by Gasteiger charge is -2.28. The molecule has 1 fully saturated rings. The van der Waals surface area contributed by atoms with Gasteiger partial charge in [0, 0.05) is 13.0 Å². The molecule has 250 valence electrons. The number of amides is 5. The van der Waals surface area contributed by atoms with Crippen LogP contribution in [0.25, 0.3) is 0 Å². The zero-order valence-corrected chi connectivity index (χ0v) is 27.1. The summed E-state index contributed by atoms with van der Waals surface area (Å²) >= 11 is 0. The van der Waals surface area contributed by atoms with Gasteiger partial charge in [-0.25, -0.2) is 0 Å². The molecule has 1 heterocycles. The summed E-state index contributed by atoms with van der Waals surface area (Å²) in [5.74, 6) is -3.76. The van der Waals surface area contributed by atoms with Crippen LogP contribution in [0, 0.1) is 17.8 Å². The number of nitrogens with two attached hydrogens (primary N) is 2. The maximum absolute atomic E-state index is 13.8. The van der Waals surface area contributed by atoms with E-state index in [-0.39, 0.29) is 48.8 Å². The van der Waals surface area contributed by atoms with Gasteiger partial charge in [0.15, 0.2) is 5.96 Å². The van der Waals surface area contributed by atoms with E-state index < -0.39 is 59.7 Å². The van der Waals surface area contributed by atoms with Crippen molar-refractivity contribution < 1.29 is 29.1 Å². The molecule has 0 aromatic heterocycles. The topological polar surface area (TPSA) is 230 Å². The minimum atomic E-state index is -1.15. The van der Waals surface area contributed by atoms with Gasteiger partial charge in [0.25, 0.3) is 0 Å². The molecule has 5 atom stereocenters. The number of carbonyl (C=O) groups is 5. The normalized spacial score (nSPS) is 23.8. The van der Waals surface area contributed by atoms with E-state index in [1.165, 1.54) is 12.1 Å². The third-order valence-corrected chi connectivity index (χ3v) is 7.42. The van der Waals surface area contributed by atoms with E-state index in [1.807, 2.05) is 13.8 Å². The quantitative estimate of drug-likeness (QED) is 0.0976. The lowest BCUT2D eigenvalue weighted by atomic mass is 9.98. The van der Waals surface area contributed by atoms with Crippen LogP contribution < -0.4 is 38.1 Å². The Morgan fingerprint density at radius 1 is 0.711 bits per heavy atom. The average Bonchev–Trinajstić information content (AvgIpc) is 2.94. The minimum Gasteiger partial charge on any atom is -0.508 e. The number of aromatic hydroxyl groups is 1. The van der Waals surface area contributed by atoms with E-state index in [9.17, 15) is 29.1 Å². The first kappa shape index (κ1) is 36.8. The fraction of sp³-hybridized carbons (Fsp3) is 0.613. The lowest BCUT2D eigenvalue weighted by Crippen LogP contribution is -2.59. The van der Waals surface area contributed by atoms with Gasteiger partial charge in [-0.2, -0.15) is 0 Å². The number of phenols is 1. The molecule has 5 amide bonds. The van der Waals surface area contributed by atoms with Crippen molar-refractivity contribution in [3.8, 4) is 5.75 Å². The molecule has 1 aromatic rings. The Morgan fingerprint density at radius 3 is 1.67 bits per heavy atom. The van der Waals surface area contributed by atoms with E-state index in [0.717, 1.165) is 0 Å². The first-order chi connectivity index (χ1) is 21.1. The van der Waals surface area contributed by atoms with E-state index in [2.05, 4.69) is 31.6 Å². The third-order valence-electron chi connectivity index (χ3n) is 7.42. The van der Waals surface area contributed by atoms with Gasteiger partial charge in [0.2, 0.25) is 29.5 Å². The summed E-state index contributed by atoms with van der Waals surface area (Å²) in [6.07, 6.45) is 0.780. The summed E-state index contributed by atoms with van der Waals surface area (Å²) in [5.41, 5.74) is 11.5. The average molecular weight is 631 g/mol. The molecule has 2 rings (SSSR count). The number of carbonyl (C=O) groups excluding carboxylic acids is 5. The van der Waals surface area contributed by atoms with Crippen LogP contribution in [0.2, 0.25) is 0 Å². The van der Waals surface area contributed by atoms with Crippen molar-refractivity contribution >= 4 is 35.5 Å². The Morgan fingerprint density at radius 2 is 1.18 bits per heavy atom. The van der Waals surface area contributed by atoms with E-state index >= 15 is 0 Å². The van der Waals surface area contributed by atoms with Gasteiger partial charge in [0.05, 0.1) is 0 Å². The highest BCUT2D eigenvalue weighted by Gasteiger charge is 2.36. The van der Waals surface area contributed by atoms with Crippen LogP contribution in [0.15, 0.2) is 29.3 Å². The van der Waals surface area contributed by atoms with Gasteiger partial charge in [-0.15, -0.1) is 0 Å². The van der Waals surface area contributed by atoms with E-state index in [0.29, 0.717) is 18.4 Å².